The number of anilines is 1. The highest BCUT2D eigenvalue weighted by atomic mass is 127. The lowest BCUT2D eigenvalue weighted by Gasteiger charge is -2.10. The van der Waals surface area contributed by atoms with Crippen LogP contribution in [0.5, 0.6) is 17.2 Å². The van der Waals surface area contributed by atoms with Gasteiger partial charge in [0.15, 0.2) is 17.5 Å². The average molecular weight is 483 g/mol. The van der Waals surface area contributed by atoms with Crippen molar-refractivity contribution >= 4 is 35.6 Å². The number of nitrogens with zero attached hydrogens (tertiary/aromatic N) is 1. The summed E-state index contributed by atoms with van der Waals surface area (Å²) in [6, 6.07) is 13.8. The van der Waals surface area contributed by atoms with Gasteiger partial charge in [0, 0.05) is 24.7 Å². The van der Waals surface area contributed by atoms with Crippen molar-refractivity contribution in [3.63, 3.8) is 0 Å². The predicted molar refractivity (Wildman–Crippen MR) is 119 cm³/mol. The number of benzene rings is 2. The minimum atomic E-state index is 0. The lowest BCUT2D eigenvalue weighted by atomic mass is 10.1. The number of nitrogens with one attached hydrogen (secondary N) is 1. The molecule has 2 aromatic carbocycles. The number of hydrogen-bond acceptors (Lipinski definition) is 4. The van der Waals surface area contributed by atoms with Gasteiger partial charge in [0.2, 0.25) is 0 Å². The Morgan fingerprint density at radius 1 is 1.15 bits per heavy atom. The minimum Gasteiger partial charge on any atom is -0.497 e. The van der Waals surface area contributed by atoms with E-state index < -0.39 is 0 Å². The Balaban J connectivity index is 0.00000261. The second-order valence-electron chi connectivity index (χ2n) is 6.06. The molecule has 0 bridgehead atoms. The highest BCUT2D eigenvalue weighted by Gasteiger charge is 2.10. The summed E-state index contributed by atoms with van der Waals surface area (Å²) >= 11 is 0. The lowest BCUT2D eigenvalue weighted by Crippen LogP contribution is -2.22. The van der Waals surface area contributed by atoms with Crippen LogP contribution in [0.4, 0.5) is 5.69 Å². The molecule has 0 saturated heterocycles. The molecule has 3 rings (SSSR count). The van der Waals surface area contributed by atoms with E-state index in [0.717, 1.165) is 42.2 Å². The largest absolute Gasteiger partial charge is 0.497 e. The van der Waals surface area contributed by atoms with Gasteiger partial charge in [-0.05, 0) is 42.7 Å². The van der Waals surface area contributed by atoms with Crippen LogP contribution in [0.15, 0.2) is 47.5 Å². The first kappa shape index (κ1) is 21.1. The Hall–Kier alpha value is -2.16. The number of guanidine groups is 1. The molecule has 1 aliphatic rings. The molecular formula is C20H26IN3O3. The van der Waals surface area contributed by atoms with Crippen molar-refractivity contribution in [3.05, 3.63) is 48.0 Å². The summed E-state index contributed by atoms with van der Waals surface area (Å²) in [5.74, 6) is 2.77. The highest BCUT2D eigenvalue weighted by molar-refractivity contribution is 14.0. The number of nitrogens with two attached hydrogens (primary N) is 1. The summed E-state index contributed by atoms with van der Waals surface area (Å²) in [6.45, 7) is 1.99. The van der Waals surface area contributed by atoms with Gasteiger partial charge in [-0.2, -0.15) is 0 Å². The number of fused-ring (bicyclic) bond motifs is 1. The van der Waals surface area contributed by atoms with Crippen LogP contribution < -0.4 is 25.3 Å². The fraction of sp³-hybridized carbons (Fsp3) is 0.350. The molecule has 0 radical (unpaired) electrons. The van der Waals surface area contributed by atoms with Gasteiger partial charge < -0.3 is 25.3 Å². The fourth-order valence-electron chi connectivity index (χ4n) is 2.74. The minimum absolute atomic E-state index is 0. The standard InChI is InChI=1S/C20H25N3O3.HI/c1-24-17-7-2-5-15(13-17)6-3-10-22-20(21)23-16-8-9-18-19(14-16)26-12-4-11-25-18;/h2,5,7-9,13-14H,3-4,6,10-12H2,1H3,(H3,21,22,23);1H. The molecule has 1 aliphatic heterocycles. The van der Waals surface area contributed by atoms with Crippen molar-refractivity contribution in [1.29, 1.82) is 0 Å². The van der Waals surface area contributed by atoms with Crippen molar-refractivity contribution in [2.75, 3.05) is 32.2 Å². The number of aryl methyl sites for hydroxylation is 1. The zero-order chi connectivity index (χ0) is 18.2. The van der Waals surface area contributed by atoms with Crippen LogP contribution in [0.3, 0.4) is 0 Å². The summed E-state index contributed by atoms with van der Waals surface area (Å²) < 4.78 is 16.5. The molecule has 0 spiro atoms. The van der Waals surface area contributed by atoms with Gasteiger partial charge in [-0.1, -0.05) is 12.1 Å². The maximum atomic E-state index is 5.98. The summed E-state index contributed by atoms with van der Waals surface area (Å²) in [6.07, 6.45) is 2.73. The van der Waals surface area contributed by atoms with Crippen molar-refractivity contribution in [1.82, 2.24) is 0 Å². The number of rotatable bonds is 6. The molecule has 146 valence electrons. The zero-order valence-electron chi connectivity index (χ0n) is 15.4. The van der Waals surface area contributed by atoms with E-state index in [0.29, 0.717) is 25.7 Å². The second kappa shape index (κ2) is 10.9. The van der Waals surface area contributed by atoms with Gasteiger partial charge in [0.25, 0.3) is 0 Å². The first-order valence-electron chi connectivity index (χ1n) is 8.84. The molecule has 0 atom stereocenters. The third-order valence-electron chi connectivity index (χ3n) is 4.06. The van der Waals surface area contributed by atoms with Gasteiger partial charge in [0.1, 0.15) is 5.75 Å². The number of hydrogen-bond donors (Lipinski definition) is 2. The molecule has 3 N–H and O–H groups in total. The van der Waals surface area contributed by atoms with E-state index in [9.17, 15) is 0 Å². The molecule has 0 fully saturated rings. The normalized spacial score (nSPS) is 13.3. The van der Waals surface area contributed by atoms with E-state index in [-0.39, 0.29) is 24.0 Å². The van der Waals surface area contributed by atoms with E-state index in [1.54, 1.807) is 7.11 Å². The van der Waals surface area contributed by atoms with Gasteiger partial charge in [0.05, 0.1) is 20.3 Å². The fourth-order valence-corrected chi connectivity index (χ4v) is 2.74. The first-order valence-corrected chi connectivity index (χ1v) is 8.84. The van der Waals surface area contributed by atoms with Crippen molar-refractivity contribution in [3.8, 4) is 17.2 Å². The Morgan fingerprint density at radius 3 is 2.78 bits per heavy atom. The summed E-state index contributed by atoms with van der Waals surface area (Å²) in [7, 11) is 1.68. The third kappa shape index (κ3) is 6.50. The Kier molecular flexibility index (Phi) is 8.50. The van der Waals surface area contributed by atoms with Gasteiger partial charge in [-0.3, -0.25) is 4.99 Å². The second-order valence-corrected chi connectivity index (χ2v) is 6.06. The third-order valence-corrected chi connectivity index (χ3v) is 4.06. The summed E-state index contributed by atoms with van der Waals surface area (Å²) in [4.78, 5) is 4.39. The highest BCUT2D eigenvalue weighted by Crippen LogP contribution is 2.32. The monoisotopic (exact) mass is 483 g/mol. The average Bonchev–Trinajstić information content (AvgIpc) is 2.90. The van der Waals surface area contributed by atoms with Crippen molar-refractivity contribution in [2.45, 2.75) is 19.3 Å². The molecule has 27 heavy (non-hydrogen) atoms. The van der Waals surface area contributed by atoms with Crippen molar-refractivity contribution in [2.24, 2.45) is 10.7 Å². The number of aliphatic imine (C=N–C) groups is 1. The molecule has 0 amide bonds. The van der Waals surface area contributed by atoms with Crippen LogP contribution in [0.1, 0.15) is 18.4 Å². The van der Waals surface area contributed by atoms with Crippen LogP contribution in [0.25, 0.3) is 0 Å². The molecule has 1 heterocycles. The van der Waals surface area contributed by atoms with E-state index in [2.05, 4.69) is 16.4 Å². The Morgan fingerprint density at radius 2 is 1.96 bits per heavy atom. The molecular weight excluding hydrogens is 457 g/mol. The quantitative estimate of drug-likeness (QED) is 0.283. The molecule has 0 aliphatic carbocycles. The van der Waals surface area contributed by atoms with Crippen LogP contribution in [0, 0.1) is 0 Å². The topological polar surface area (TPSA) is 78.1 Å². The predicted octanol–water partition coefficient (Wildman–Crippen LogP) is 3.83. The summed E-state index contributed by atoms with van der Waals surface area (Å²) in [5, 5.41) is 3.10. The molecule has 7 heteroatoms. The summed E-state index contributed by atoms with van der Waals surface area (Å²) in [5.41, 5.74) is 8.05. The number of ether oxygens (including phenoxy) is 3. The Labute approximate surface area is 177 Å². The maximum absolute atomic E-state index is 5.98. The van der Waals surface area contributed by atoms with E-state index in [1.807, 2.05) is 36.4 Å². The number of halogens is 1. The zero-order valence-corrected chi connectivity index (χ0v) is 17.8. The van der Waals surface area contributed by atoms with Crippen LogP contribution in [0.2, 0.25) is 0 Å². The molecule has 0 saturated carbocycles. The van der Waals surface area contributed by atoms with Crippen LogP contribution in [-0.4, -0.2) is 32.8 Å². The SMILES string of the molecule is COc1cccc(CCCN=C(N)Nc2ccc3c(c2)OCCCO3)c1.I. The van der Waals surface area contributed by atoms with Crippen molar-refractivity contribution < 1.29 is 14.2 Å². The van der Waals surface area contributed by atoms with E-state index >= 15 is 0 Å². The molecule has 0 unspecified atom stereocenters. The van der Waals surface area contributed by atoms with Gasteiger partial charge in [-0.15, -0.1) is 24.0 Å². The van der Waals surface area contributed by atoms with E-state index in [4.69, 9.17) is 19.9 Å². The Bertz CT molecular complexity index is 768. The molecule has 2 aromatic rings. The lowest BCUT2D eigenvalue weighted by molar-refractivity contribution is 0.297. The molecule has 6 nitrogen and oxygen atoms in total. The van der Waals surface area contributed by atoms with Crippen LogP contribution >= 0.6 is 24.0 Å². The van der Waals surface area contributed by atoms with Gasteiger partial charge >= 0.3 is 0 Å². The smallest absolute Gasteiger partial charge is 0.193 e. The van der Waals surface area contributed by atoms with E-state index in [1.165, 1.54) is 5.56 Å². The van der Waals surface area contributed by atoms with Crippen LogP contribution in [-0.2, 0) is 6.42 Å². The first-order chi connectivity index (χ1) is 12.7. The molecule has 0 aromatic heterocycles. The number of methoxy groups -OCH3 is 1. The maximum Gasteiger partial charge on any atom is 0.193 e. The van der Waals surface area contributed by atoms with Gasteiger partial charge in [-0.25, -0.2) is 0 Å².